The third-order valence-corrected chi connectivity index (χ3v) is 2.86. The van der Waals surface area contributed by atoms with Crippen LogP contribution in [-0.4, -0.2) is 31.2 Å². The van der Waals surface area contributed by atoms with Gasteiger partial charge in [0.1, 0.15) is 0 Å². The zero-order valence-corrected chi connectivity index (χ0v) is 8.01. The van der Waals surface area contributed by atoms with E-state index in [4.69, 9.17) is 4.55 Å². The number of carbonyl (C=O) groups is 1. The highest BCUT2D eigenvalue weighted by Gasteiger charge is 2.24. The fourth-order valence-corrected chi connectivity index (χ4v) is 1.48. The summed E-state index contributed by atoms with van der Waals surface area (Å²) >= 11 is 0. The molecule has 1 aliphatic carbocycles. The van der Waals surface area contributed by atoms with E-state index >= 15 is 0 Å². The van der Waals surface area contributed by atoms with Crippen LogP contribution in [0, 0.1) is 5.92 Å². The Bertz CT molecular complexity index is 281. The van der Waals surface area contributed by atoms with Gasteiger partial charge in [-0.05, 0) is 12.8 Å². The topological polar surface area (TPSA) is 83.5 Å². The van der Waals surface area contributed by atoms with Crippen LogP contribution in [0.5, 0.6) is 0 Å². The van der Waals surface area contributed by atoms with Gasteiger partial charge in [-0.15, -0.1) is 0 Å². The molecule has 0 atom stereocenters. The molecule has 0 unspecified atom stereocenters. The molecule has 13 heavy (non-hydrogen) atoms. The van der Waals surface area contributed by atoms with Crippen LogP contribution in [0.4, 0.5) is 0 Å². The summed E-state index contributed by atoms with van der Waals surface area (Å²) in [5, 5.41) is 2.46. The zero-order valence-electron chi connectivity index (χ0n) is 7.19. The molecule has 0 heterocycles. The number of carbonyl (C=O) groups excluding carboxylic acids is 1. The second-order valence-electron chi connectivity index (χ2n) is 3.20. The molecular formula is C7H13NO4S. The maximum absolute atomic E-state index is 11.1. The lowest BCUT2D eigenvalue weighted by Crippen LogP contribution is -2.36. The molecule has 6 heteroatoms. The van der Waals surface area contributed by atoms with Gasteiger partial charge in [0.25, 0.3) is 10.1 Å². The van der Waals surface area contributed by atoms with Crippen LogP contribution in [0.1, 0.15) is 19.3 Å². The lowest BCUT2D eigenvalue weighted by molar-refractivity contribution is -0.127. The van der Waals surface area contributed by atoms with Crippen molar-refractivity contribution in [3.63, 3.8) is 0 Å². The molecule has 1 aliphatic rings. The van der Waals surface area contributed by atoms with Gasteiger partial charge in [-0.3, -0.25) is 9.35 Å². The summed E-state index contributed by atoms with van der Waals surface area (Å²) in [5.41, 5.74) is 0. The van der Waals surface area contributed by atoms with Gasteiger partial charge in [-0.25, -0.2) is 0 Å². The van der Waals surface area contributed by atoms with E-state index in [1.54, 1.807) is 0 Å². The van der Waals surface area contributed by atoms with Crippen molar-refractivity contribution in [2.45, 2.75) is 19.3 Å². The minimum atomic E-state index is -3.95. The van der Waals surface area contributed by atoms with E-state index in [1.165, 1.54) is 0 Å². The van der Waals surface area contributed by atoms with Crippen LogP contribution >= 0.6 is 0 Å². The molecular weight excluding hydrogens is 194 g/mol. The standard InChI is InChI=1S/C7H13NO4S/c9-7(6-2-1-3-6)8-4-5-13(10,11)12/h6H,1-5H2,(H,8,9)(H,10,11,12). The first-order valence-corrected chi connectivity index (χ1v) is 5.83. The minimum Gasteiger partial charge on any atom is -0.355 e. The van der Waals surface area contributed by atoms with Crippen molar-refractivity contribution < 1.29 is 17.8 Å². The number of nitrogens with one attached hydrogen (secondary N) is 1. The monoisotopic (exact) mass is 207 g/mol. The normalized spacial score (nSPS) is 17.9. The molecule has 1 amide bonds. The van der Waals surface area contributed by atoms with Crippen LogP contribution in [0.2, 0.25) is 0 Å². The highest BCUT2D eigenvalue weighted by Crippen LogP contribution is 2.25. The molecule has 0 saturated heterocycles. The number of amides is 1. The van der Waals surface area contributed by atoms with Crippen molar-refractivity contribution in [2.24, 2.45) is 5.92 Å². The van der Waals surface area contributed by atoms with E-state index in [9.17, 15) is 13.2 Å². The van der Waals surface area contributed by atoms with Crippen LogP contribution in [0.3, 0.4) is 0 Å². The average Bonchev–Trinajstić information content (AvgIpc) is 1.79. The van der Waals surface area contributed by atoms with E-state index in [-0.39, 0.29) is 18.4 Å². The number of hydrogen-bond acceptors (Lipinski definition) is 3. The van der Waals surface area contributed by atoms with Gasteiger partial charge in [-0.2, -0.15) is 8.42 Å². The lowest BCUT2D eigenvalue weighted by atomic mass is 9.85. The summed E-state index contributed by atoms with van der Waals surface area (Å²) in [5.74, 6) is -0.456. The predicted molar refractivity (Wildman–Crippen MR) is 46.8 cm³/mol. The molecule has 1 rings (SSSR count). The molecule has 0 aromatic carbocycles. The van der Waals surface area contributed by atoms with Crippen LogP contribution < -0.4 is 5.32 Å². The molecule has 2 N–H and O–H groups in total. The van der Waals surface area contributed by atoms with E-state index in [2.05, 4.69) is 5.32 Å². The van der Waals surface area contributed by atoms with Crippen molar-refractivity contribution >= 4 is 16.0 Å². The second-order valence-corrected chi connectivity index (χ2v) is 4.78. The smallest absolute Gasteiger partial charge is 0.266 e. The molecule has 1 fully saturated rings. The van der Waals surface area contributed by atoms with Crippen LogP contribution in [-0.2, 0) is 14.9 Å². The number of hydrogen-bond donors (Lipinski definition) is 2. The molecule has 76 valence electrons. The Morgan fingerprint density at radius 3 is 2.46 bits per heavy atom. The molecule has 0 spiro atoms. The van der Waals surface area contributed by atoms with Gasteiger partial charge in [0.05, 0.1) is 5.75 Å². The van der Waals surface area contributed by atoms with Gasteiger partial charge in [0, 0.05) is 12.5 Å². The predicted octanol–water partition coefficient (Wildman–Crippen LogP) is -0.210. The van der Waals surface area contributed by atoms with Crippen molar-refractivity contribution in [3.8, 4) is 0 Å². The summed E-state index contributed by atoms with van der Waals surface area (Å²) in [7, 11) is -3.95. The zero-order chi connectivity index (χ0) is 9.90. The lowest BCUT2D eigenvalue weighted by Gasteiger charge is -2.23. The maximum atomic E-state index is 11.1. The first-order chi connectivity index (χ1) is 5.99. The highest BCUT2D eigenvalue weighted by atomic mass is 32.2. The number of rotatable bonds is 4. The summed E-state index contributed by atoms with van der Waals surface area (Å²) in [4.78, 5) is 11.1. The Kier molecular flexibility index (Phi) is 3.27. The van der Waals surface area contributed by atoms with Crippen LogP contribution in [0.15, 0.2) is 0 Å². The van der Waals surface area contributed by atoms with E-state index in [0.29, 0.717) is 0 Å². The second kappa shape index (κ2) is 4.06. The van der Waals surface area contributed by atoms with Gasteiger partial charge in [0.15, 0.2) is 0 Å². The fraction of sp³-hybridized carbons (Fsp3) is 0.857. The molecule has 0 aromatic heterocycles. The van der Waals surface area contributed by atoms with Crippen molar-refractivity contribution in [1.29, 1.82) is 0 Å². The average molecular weight is 207 g/mol. The van der Waals surface area contributed by atoms with Gasteiger partial charge in [-0.1, -0.05) is 6.42 Å². The third kappa shape index (κ3) is 3.73. The van der Waals surface area contributed by atoms with Crippen LogP contribution in [0.25, 0.3) is 0 Å². The van der Waals surface area contributed by atoms with Crippen molar-refractivity contribution in [3.05, 3.63) is 0 Å². The quantitative estimate of drug-likeness (QED) is 0.625. The summed E-state index contributed by atoms with van der Waals surface area (Å²) in [6.07, 6.45) is 2.84. The van der Waals surface area contributed by atoms with E-state index in [1.807, 2.05) is 0 Å². The SMILES string of the molecule is O=C(NCCS(=O)(=O)O)C1CCC1. The minimum absolute atomic E-state index is 0.00579. The highest BCUT2D eigenvalue weighted by molar-refractivity contribution is 7.85. The third-order valence-electron chi connectivity index (χ3n) is 2.14. The van der Waals surface area contributed by atoms with Crippen molar-refractivity contribution in [2.75, 3.05) is 12.3 Å². The van der Waals surface area contributed by atoms with Gasteiger partial charge >= 0.3 is 0 Å². The van der Waals surface area contributed by atoms with Crippen molar-refractivity contribution in [1.82, 2.24) is 5.32 Å². The van der Waals surface area contributed by atoms with Gasteiger partial charge < -0.3 is 5.32 Å². The Labute approximate surface area is 77.3 Å². The first-order valence-electron chi connectivity index (χ1n) is 4.22. The van der Waals surface area contributed by atoms with Gasteiger partial charge in [0.2, 0.25) is 5.91 Å². The fourth-order valence-electron chi connectivity index (χ4n) is 1.12. The molecule has 0 aromatic rings. The van der Waals surface area contributed by atoms with E-state index in [0.717, 1.165) is 19.3 Å². The molecule has 0 aliphatic heterocycles. The Morgan fingerprint density at radius 2 is 2.08 bits per heavy atom. The summed E-state index contributed by atoms with van der Waals surface area (Å²) in [6, 6.07) is 0. The summed E-state index contributed by atoms with van der Waals surface area (Å²) < 4.78 is 28.9. The first kappa shape index (κ1) is 10.5. The summed E-state index contributed by atoms with van der Waals surface area (Å²) in [6.45, 7) is -0.00579. The molecule has 1 saturated carbocycles. The Morgan fingerprint density at radius 1 is 1.46 bits per heavy atom. The molecule has 0 bridgehead atoms. The molecule has 0 radical (unpaired) electrons. The molecule has 5 nitrogen and oxygen atoms in total. The Balaban J connectivity index is 2.15. The Hall–Kier alpha value is -0.620. The largest absolute Gasteiger partial charge is 0.355 e. The maximum Gasteiger partial charge on any atom is 0.266 e. The van der Waals surface area contributed by atoms with E-state index < -0.39 is 15.9 Å².